The maximum absolute atomic E-state index is 12.2. The predicted molar refractivity (Wildman–Crippen MR) is 105 cm³/mol. The molecule has 2 heterocycles. The van der Waals surface area contributed by atoms with Crippen molar-refractivity contribution >= 4 is 17.8 Å². The summed E-state index contributed by atoms with van der Waals surface area (Å²) >= 11 is 0. The Morgan fingerprint density at radius 2 is 1.83 bits per heavy atom. The second-order valence-corrected chi connectivity index (χ2v) is 6.10. The van der Waals surface area contributed by atoms with Crippen molar-refractivity contribution in [2.45, 2.75) is 13.8 Å². The Kier molecular flexibility index (Phi) is 5.78. The number of rotatable bonds is 6. The SMILES string of the molecule is CCOC(=O)c1ccc(-c2ccc(/C=C/C(=O)c3c(O)cc(C)oc3=O)o2)cc1. The fraction of sp³-hybridized carbons (Fsp3) is 0.136. The zero-order valence-electron chi connectivity index (χ0n) is 15.8. The van der Waals surface area contributed by atoms with E-state index in [4.69, 9.17) is 13.6 Å². The van der Waals surface area contributed by atoms with Gasteiger partial charge in [0.05, 0.1) is 12.2 Å². The molecule has 0 saturated carbocycles. The van der Waals surface area contributed by atoms with Gasteiger partial charge in [0.1, 0.15) is 28.6 Å². The monoisotopic (exact) mass is 394 g/mol. The lowest BCUT2D eigenvalue weighted by molar-refractivity contribution is 0.0526. The van der Waals surface area contributed by atoms with Gasteiger partial charge in [0.25, 0.3) is 0 Å². The van der Waals surface area contributed by atoms with Crippen LogP contribution in [-0.2, 0) is 4.74 Å². The summed E-state index contributed by atoms with van der Waals surface area (Å²) in [6.45, 7) is 3.53. The van der Waals surface area contributed by atoms with Gasteiger partial charge in [-0.05, 0) is 50.3 Å². The van der Waals surface area contributed by atoms with E-state index in [1.165, 1.54) is 19.1 Å². The van der Waals surface area contributed by atoms with Gasteiger partial charge >= 0.3 is 11.6 Å². The zero-order valence-corrected chi connectivity index (χ0v) is 15.8. The lowest BCUT2D eigenvalue weighted by Gasteiger charge is -2.02. The molecular weight excluding hydrogens is 376 g/mol. The van der Waals surface area contributed by atoms with Crippen molar-refractivity contribution in [3.8, 4) is 17.1 Å². The molecular formula is C22H18O7. The van der Waals surface area contributed by atoms with Gasteiger partial charge in [-0.1, -0.05) is 12.1 Å². The molecule has 0 spiro atoms. The number of aromatic hydroxyl groups is 1. The highest BCUT2D eigenvalue weighted by molar-refractivity contribution is 6.08. The number of furan rings is 1. The Balaban J connectivity index is 1.76. The normalized spacial score (nSPS) is 11.0. The minimum absolute atomic E-state index is 0.206. The first-order valence-corrected chi connectivity index (χ1v) is 8.82. The van der Waals surface area contributed by atoms with Crippen molar-refractivity contribution in [2.24, 2.45) is 0 Å². The standard InChI is InChI=1S/C22H18O7/c1-3-27-21(25)15-6-4-14(5-7-15)19-11-9-16(29-19)8-10-17(23)20-18(24)12-13(2)28-22(20)26/h4-12,24H,3H2,1-2H3/b10-8+. The summed E-state index contributed by atoms with van der Waals surface area (Å²) in [6.07, 6.45) is 2.51. The highest BCUT2D eigenvalue weighted by Gasteiger charge is 2.16. The Morgan fingerprint density at radius 3 is 2.48 bits per heavy atom. The average molecular weight is 394 g/mol. The van der Waals surface area contributed by atoms with E-state index in [9.17, 15) is 19.5 Å². The second kappa shape index (κ2) is 8.43. The number of allylic oxidation sites excluding steroid dienone is 1. The van der Waals surface area contributed by atoms with E-state index in [1.807, 2.05) is 0 Å². The minimum atomic E-state index is -0.904. The fourth-order valence-electron chi connectivity index (χ4n) is 2.65. The molecule has 0 unspecified atom stereocenters. The van der Waals surface area contributed by atoms with E-state index in [1.54, 1.807) is 43.3 Å². The predicted octanol–water partition coefficient (Wildman–Crippen LogP) is 3.99. The maximum Gasteiger partial charge on any atom is 0.351 e. The molecule has 29 heavy (non-hydrogen) atoms. The fourth-order valence-corrected chi connectivity index (χ4v) is 2.65. The second-order valence-electron chi connectivity index (χ2n) is 6.10. The van der Waals surface area contributed by atoms with Crippen molar-refractivity contribution < 1.29 is 28.3 Å². The van der Waals surface area contributed by atoms with E-state index in [-0.39, 0.29) is 5.76 Å². The van der Waals surface area contributed by atoms with Crippen LogP contribution in [0, 0.1) is 6.92 Å². The van der Waals surface area contributed by atoms with Gasteiger partial charge in [-0.2, -0.15) is 0 Å². The van der Waals surface area contributed by atoms with Crippen LogP contribution in [0.5, 0.6) is 5.75 Å². The van der Waals surface area contributed by atoms with Gasteiger partial charge in [0.15, 0.2) is 5.78 Å². The molecule has 3 rings (SSSR count). The first kappa shape index (κ1) is 19.9. The number of ether oxygens (including phenoxy) is 1. The van der Waals surface area contributed by atoms with Crippen molar-refractivity contribution in [1.82, 2.24) is 0 Å². The van der Waals surface area contributed by atoms with Gasteiger partial charge in [-0.25, -0.2) is 9.59 Å². The highest BCUT2D eigenvalue weighted by atomic mass is 16.5. The summed E-state index contributed by atoms with van der Waals surface area (Å²) in [7, 11) is 0. The molecule has 148 valence electrons. The summed E-state index contributed by atoms with van der Waals surface area (Å²) in [4.78, 5) is 35.7. The smallest absolute Gasteiger partial charge is 0.351 e. The molecule has 0 radical (unpaired) electrons. The van der Waals surface area contributed by atoms with E-state index < -0.39 is 28.7 Å². The number of aryl methyl sites for hydroxylation is 1. The van der Waals surface area contributed by atoms with Crippen LogP contribution in [-0.4, -0.2) is 23.5 Å². The van der Waals surface area contributed by atoms with E-state index in [0.717, 1.165) is 11.6 Å². The molecule has 0 amide bonds. The van der Waals surface area contributed by atoms with Crippen LogP contribution in [0.2, 0.25) is 0 Å². The molecule has 0 fully saturated rings. The number of ketones is 1. The summed E-state index contributed by atoms with van der Waals surface area (Å²) < 4.78 is 15.4. The molecule has 0 aliphatic heterocycles. The Labute approximate surface area is 165 Å². The molecule has 0 bridgehead atoms. The van der Waals surface area contributed by atoms with Crippen LogP contribution in [0.25, 0.3) is 17.4 Å². The number of esters is 1. The van der Waals surface area contributed by atoms with Crippen LogP contribution in [0.1, 0.15) is 39.2 Å². The molecule has 7 heteroatoms. The number of carbonyl (C=O) groups is 2. The Hall–Kier alpha value is -3.87. The highest BCUT2D eigenvalue weighted by Crippen LogP contribution is 2.24. The first-order chi connectivity index (χ1) is 13.9. The van der Waals surface area contributed by atoms with Crippen molar-refractivity contribution in [2.75, 3.05) is 6.61 Å². The molecule has 1 aromatic carbocycles. The Morgan fingerprint density at radius 1 is 1.10 bits per heavy atom. The molecule has 3 aromatic rings. The third-order valence-corrected chi connectivity index (χ3v) is 4.01. The van der Waals surface area contributed by atoms with Crippen molar-refractivity contribution in [1.29, 1.82) is 0 Å². The summed E-state index contributed by atoms with van der Waals surface area (Å²) in [5.41, 5.74) is -0.169. The lowest BCUT2D eigenvalue weighted by atomic mass is 10.1. The van der Waals surface area contributed by atoms with Crippen LogP contribution < -0.4 is 5.63 Å². The summed E-state index contributed by atoms with van der Waals surface area (Å²) in [5, 5.41) is 9.82. The van der Waals surface area contributed by atoms with Crippen LogP contribution in [0.15, 0.2) is 62.2 Å². The third-order valence-electron chi connectivity index (χ3n) is 4.01. The number of hydrogen-bond acceptors (Lipinski definition) is 7. The Bertz CT molecular complexity index is 1130. The van der Waals surface area contributed by atoms with Gasteiger partial charge in [0, 0.05) is 11.6 Å². The molecule has 0 atom stereocenters. The zero-order chi connectivity index (χ0) is 21.0. The third kappa shape index (κ3) is 4.52. The van der Waals surface area contributed by atoms with Gasteiger partial charge < -0.3 is 18.7 Å². The van der Waals surface area contributed by atoms with Gasteiger partial charge in [-0.3, -0.25) is 4.79 Å². The van der Waals surface area contributed by atoms with E-state index >= 15 is 0 Å². The number of carbonyl (C=O) groups excluding carboxylic acids is 2. The molecule has 0 saturated heterocycles. The van der Waals surface area contributed by atoms with Gasteiger partial charge in [0.2, 0.25) is 0 Å². The van der Waals surface area contributed by atoms with Crippen molar-refractivity contribution in [3.05, 3.63) is 81.6 Å². The molecule has 1 N–H and O–H groups in total. The summed E-state index contributed by atoms with van der Waals surface area (Å²) in [6, 6.07) is 11.3. The first-order valence-electron chi connectivity index (χ1n) is 8.82. The van der Waals surface area contributed by atoms with E-state index in [2.05, 4.69) is 0 Å². The van der Waals surface area contributed by atoms with Crippen LogP contribution in [0.4, 0.5) is 0 Å². The lowest BCUT2D eigenvalue weighted by Crippen LogP contribution is -2.12. The number of benzene rings is 1. The van der Waals surface area contributed by atoms with Gasteiger partial charge in [-0.15, -0.1) is 0 Å². The molecule has 0 aliphatic carbocycles. The molecule has 7 nitrogen and oxygen atoms in total. The quantitative estimate of drug-likeness (QED) is 0.383. The maximum atomic E-state index is 12.2. The van der Waals surface area contributed by atoms with E-state index in [0.29, 0.717) is 23.7 Å². The van der Waals surface area contributed by atoms with Crippen molar-refractivity contribution in [3.63, 3.8) is 0 Å². The number of hydrogen-bond donors (Lipinski definition) is 1. The average Bonchev–Trinajstić information content (AvgIpc) is 3.15. The van der Waals surface area contributed by atoms with Crippen LogP contribution in [0.3, 0.4) is 0 Å². The summed E-state index contributed by atoms with van der Waals surface area (Å²) in [5.74, 6) is -0.422. The van der Waals surface area contributed by atoms with Crippen LogP contribution >= 0.6 is 0 Å². The topological polar surface area (TPSA) is 107 Å². The minimum Gasteiger partial charge on any atom is -0.507 e. The molecule has 2 aromatic heterocycles. The molecule has 0 aliphatic rings. The largest absolute Gasteiger partial charge is 0.507 e.